The van der Waals surface area contributed by atoms with Crippen molar-refractivity contribution in [3.63, 3.8) is 0 Å². The second-order valence-corrected chi connectivity index (χ2v) is 6.83. The minimum Gasteiger partial charge on any atom is -0.480 e. The first-order chi connectivity index (χ1) is 15.1. The van der Waals surface area contributed by atoms with Crippen LogP contribution < -0.4 is 27.0 Å². The summed E-state index contributed by atoms with van der Waals surface area (Å²) in [6.45, 7) is -2.98. The third-order valence-electron chi connectivity index (χ3n) is 4.52. The van der Waals surface area contributed by atoms with Crippen LogP contribution in [0, 0.1) is 0 Å². The Kier molecular flexibility index (Phi) is 11.0. The van der Waals surface area contributed by atoms with Crippen LogP contribution in [-0.4, -0.2) is 113 Å². The van der Waals surface area contributed by atoms with Crippen molar-refractivity contribution in [1.29, 1.82) is 0 Å². The summed E-state index contributed by atoms with van der Waals surface area (Å²) >= 11 is 0. The first kappa shape index (κ1) is 26.7. The Morgan fingerprint density at radius 2 is 1.59 bits per heavy atom. The van der Waals surface area contributed by atoms with Gasteiger partial charge in [0.2, 0.25) is 29.5 Å². The minimum atomic E-state index is -1.48. The second-order valence-electron chi connectivity index (χ2n) is 6.83. The van der Waals surface area contributed by atoms with E-state index in [1.807, 2.05) is 0 Å². The van der Waals surface area contributed by atoms with Gasteiger partial charge in [-0.1, -0.05) is 0 Å². The molecule has 0 unspecified atom stereocenters. The number of aliphatic hydroxyl groups excluding tert-OH is 2. The maximum Gasteiger partial charge on any atom is 0.322 e. The standard InChI is InChI=1S/C17H28N6O9/c18-4-12(26)19-5-13(27)21-9(7-24)15(30)22-10(8-25)17(32)23-3-1-2-11(23)16(31)20-6-14(28)29/h9-11,24-25H,1-8,18H2,(H,19,26)(H,20,31)(H,21,27)(H,22,30)(H,28,29)/t9-,10-,11-/m0/s1. The van der Waals surface area contributed by atoms with E-state index in [4.69, 9.17) is 10.8 Å². The number of nitrogens with one attached hydrogen (secondary N) is 4. The molecule has 9 N–H and O–H groups in total. The van der Waals surface area contributed by atoms with E-state index < -0.39 is 79.9 Å². The molecule has 1 rings (SSSR count). The highest BCUT2D eigenvalue weighted by Gasteiger charge is 2.38. The Bertz CT molecular complexity index is 731. The zero-order valence-corrected chi connectivity index (χ0v) is 17.2. The fraction of sp³-hybridized carbons (Fsp3) is 0.647. The smallest absolute Gasteiger partial charge is 0.322 e. The van der Waals surface area contributed by atoms with Gasteiger partial charge in [-0.05, 0) is 12.8 Å². The van der Waals surface area contributed by atoms with E-state index in [0.717, 1.165) is 4.90 Å². The minimum absolute atomic E-state index is 0.150. The van der Waals surface area contributed by atoms with Gasteiger partial charge in [0.15, 0.2) is 0 Å². The van der Waals surface area contributed by atoms with E-state index in [-0.39, 0.29) is 19.5 Å². The molecule has 1 saturated heterocycles. The first-order valence-corrected chi connectivity index (χ1v) is 9.72. The Balaban J connectivity index is 2.72. The summed E-state index contributed by atoms with van der Waals surface area (Å²) in [5.74, 6) is -5.11. The topological polar surface area (TPSA) is 240 Å². The van der Waals surface area contributed by atoms with E-state index in [9.17, 15) is 39.0 Å². The quantitative estimate of drug-likeness (QED) is 0.137. The van der Waals surface area contributed by atoms with Gasteiger partial charge < -0.3 is 47.2 Å². The number of aliphatic hydroxyl groups is 2. The van der Waals surface area contributed by atoms with Crippen molar-refractivity contribution in [3.8, 4) is 0 Å². The summed E-state index contributed by atoms with van der Waals surface area (Å²) < 4.78 is 0. The molecule has 0 aromatic carbocycles. The molecule has 1 heterocycles. The largest absolute Gasteiger partial charge is 0.480 e. The maximum atomic E-state index is 12.8. The monoisotopic (exact) mass is 460 g/mol. The molecule has 0 aromatic heterocycles. The number of carbonyl (C=O) groups is 6. The molecule has 0 aliphatic carbocycles. The molecule has 180 valence electrons. The molecule has 1 aliphatic rings. The van der Waals surface area contributed by atoms with Crippen molar-refractivity contribution in [1.82, 2.24) is 26.2 Å². The van der Waals surface area contributed by atoms with Gasteiger partial charge in [0.25, 0.3) is 0 Å². The van der Waals surface area contributed by atoms with Crippen LogP contribution in [0.25, 0.3) is 0 Å². The molecule has 5 amide bonds. The van der Waals surface area contributed by atoms with Crippen molar-refractivity contribution >= 4 is 35.5 Å². The molecule has 0 spiro atoms. The Labute approximate surface area is 182 Å². The van der Waals surface area contributed by atoms with Crippen molar-refractivity contribution in [2.24, 2.45) is 5.73 Å². The SMILES string of the molecule is NCC(=O)NCC(=O)N[C@@H](CO)C(=O)N[C@@H](CO)C(=O)N1CCC[C@H]1C(=O)NCC(=O)O. The average molecular weight is 460 g/mol. The molecule has 1 fully saturated rings. The Morgan fingerprint density at radius 3 is 2.16 bits per heavy atom. The molecule has 0 aromatic rings. The van der Waals surface area contributed by atoms with E-state index >= 15 is 0 Å². The third kappa shape index (κ3) is 8.09. The van der Waals surface area contributed by atoms with Crippen LogP contribution in [0.1, 0.15) is 12.8 Å². The van der Waals surface area contributed by atoms with E-state index in [2.05, 4.69) is 21.3 Å². The summed E-state index contributed by atoms with van der Waals surface area (Å²) in [5.41, 5.74) is 5.08. The molecule has 3 atom stereocenters. The predicted octanol–water partition coefficient (Wildman–Crippen LogP) is -5.79. The Morgan fingerprint density at radius 1 is 0.938 bits per heavy atom. The van der Waals surface area contributed by atoms with Crippen LogP contribution in [0.15, 0.2) is 0 Å². The highest BCUT2D eigenvalue weighted by Crippen LogP contribution is 2.18. The zero-order chi connectivity index (χ0) is 24.3. The van der Waals surface area contributed by atoms with Crippen LogP contribution in [-0.2, 0) is 28.8 Å². The van der Waals surface area contributed by atoms with E-state index in [1.54, 1.807) is 0 Å². The lowest BCUT2D eigenvalue weighted by atomic mass is 10.1. The van der Waals surface area contributed by atoms with Gasteiger partial charge in [0.1, 0.15) is 24.7 Å². The molecule has 32 heavy (non-hydrogen) atoms. The fourth-order valence-electron chi connectivity index (χ4n) is 2.93. The number of nitrogens with zero attached hydrogens (tertiary/aromatic N) is 1. The van der Waals surface area contributed by atoms with Gasteiger partial charge in [-0.15, -0.1) is 0 Å². The predicted molar refractivity (Wildman–Crippen MR) is 105 cm³/mol. The van der Waals surface area contributed by atoms with Crippen LogP contribution in [0.3, 0.4) is 0 Å². The second kappa shape index (κ2) is 13.2. The Hall–Kier alpha value is -3.30. The van der Waals surface area contributed by atoms with Crippen molar-refractivity contribution in [3.05, 3.63) is 0 Å². The van der Waals surface area contributed by atoms with Crippen LogP contribution in [0.2, 0.25) is 0 Å². The van der Waals surface area contributed by atoms with Gasteiger partial charge in [0.05, 0.1) is 26.3 Å². The number of hydrogen-bond donors (Lipinski definition) is 8. The first-order valence-electron chi connectivity index (χ1n) is 9.72. The number of carboxylic acid groups (broad SMARTS) is 1. The summed E-state index contributed by atoms with van der Waals surface area (Å²) in [6.07, 6.45) is 0.722. The lowest BCUT2D eigenvalue weighted by Gasteiger charge is -2.28. The molecule has 15 nitrogen and oxygen atoms in total. The van der Waals surface area contributed by atoms with Crippen LogP contribution in [0.5, 0.6) is 0 Å². The van der Waals surface area contributed by atoms with Crippen LogP contribution >= 0.6 is 0 Å². The summed E-state index contributed by atoms with van der Waals surface area (Å²) in [4.78, 5) is 71.9. The number of likely N-dealkylation sites (tertiary alicyclic amines) is 1. The fourth-order valence-corrected chi connectivity index (χ4v) is 2.93. The lowest BCUT2D eigenvalue weighted by Crippen LogP contribution is -2.59. The maximum absolute atomic E-state index is 12.8. The number of rotatable bonds is 12. The molecule has 1 aliphatic heterocycles. The van der Waals surface area contributed by atoms with Gasteiger partial charge in [-0.25, -0.2) is 0 Å². The number of hydrogen-bond acceptors (Lipinski definition) is 9. The van der Waals surface area contributed by atoms with Gasteiger partial charge in [-0.3, -0.25) is 28.8 Å². The number of carboxylic acids is 1. The van der Waals surface area contributed by atoms with Gasteiger partial charge >= 0.3 is 5.97 Å². The average Bonchev–Trinajstić information content (AvgIpc) is 3.26. The number of aliphatic carboxylic acids is 1. The number of carbonyl (C=O) groups excluding carboxylic acids is 5. The van der Waals surface area contributed by atoms with Gasteiger partial charge in [-0.2, -0.15) is 0 Å². The third-order valence-corrected chi connectivity index (χ3v) is 4.52. The summed E-state index contributed by atoms with van der Waals surface area (Å²) in [7, 11) is 0. The van der Waals surface area contributed by atoms with Crippen molar-refractivity contribution in [2.75, 3.05) is 39.4 Å². The van der Waals surface area contributed by atoms with Crippen LogP contribution in [0.4, 0.5) is 0 Å². The summed E-state index contributed by atoms with van der Waals surface area (Å²) in [5, 5.41) is 36.3. The highest BCUT2D eigenvalue weighted by molar-refractivity contribution is 5.95. The molecule has 15 heteroatoms. The lowest BCUT2D eigenvalue weighted by molar-refractivity contribution is -0.143. The van der Waals surface area contributed by atoms with Crippen molar-refractivity contribution in [2.45, 2.75) is 31.0 Å². The van der Waals surface area contributed by atoms with Gasteiger partial charge in [0, 0.05) is 6.54 Å². The van der Waals surface area contributed by atoms with E-state index in [1.165, 1.54) is 0 Å². The zero-order valence-electron chi connectivity index (χ0n) is 17.2. The molecule has 0 saturated carbocycles. The molecule has 0 radical (unpaired) electrons. The number of amides is 5. The number of nitrogens with two attached hydrogens (primary N) is 1. The molecular weight excluding hydrogens is 432 g/mol. The van der Waals surface area contributed by atoms with E-state index in [0.29, 0.717) is 6.42 Å². The molecule has 0 bridgehead atoms. The molecular formula is C17H28N6O9. The summed E-state index contributed by atoms with van der Waals surface area (Å²) in [6, 6.07) is -3.92. The van der Waals surface area contributed by atoms with Crippen molar-refractivity contribution < 1.29 is 44.1 Å². The normalized spacial score (nSPS) is 17.1. The highest BCUT2D eigenvalue weighted by atomic mass is 16.4.